The van der Waals surface area contributed by atoms with Crippen LogP contribution < -0.4 is 5.32 Å². The van der Waals surface area contributed by atoms with Gasteiger partial charge in [-0.05, 0) is 49.7 Å². The maximum atomic E-state index is 12.5. The molecule has 0 radical (unpaired) electrons. The monoisotopic (exact) mass is 273 g/mol. The van der Waals surface area contributed by atoms with E-state index in [1.165, 1.54) is 0 Å². The molecule has 0 unspecified atom stereocenters. The fourth-order valence-corrected chi connectivity index (χ4v) is 3.95. The number of hydrogen-bond donors (Lipinski definition) is 2. The summed E-state index contributed by atoms with van der Waals surface area (Å²) < 4.78 is 0. The molecule has 0 aliphatic heterocycles. The molecule has 2 bridgehead atoms. The molecule has 0 saturated heterocycles. The highest BCUT2D eigenvalue weighted by Crippen LogP contribution is 2.52. The number of aliphatic carboxylic acids is 1. The number of rotatable bonds is 3. The first kappa shape index (κ1) is 13.2. The number of aryl methyl sites for hydroxylation is 1. The normalized spacial score (nSPS) is 31.2. The molecule has 4 nitrogen and oxygen atoms in total. The zero-order valence-electron chi connectivity index (χ0n) is 11.5. The van der Waals surface area contributed by atoms with Crippen LogP contribution in [0.25, 0.3) is 0 Å². The number of amides is 1. The van der Waals surface area contributed by atoms with E-state index in [-0.39, 0.29) is 23.7 Å². The Hall–Kier alpha value is -1.84. The summed E-state index contributed by atoms with van der Waals surface area (Å²) >= 11 is 0. The summed E-state index contributed by atoms with van der Waals surface area (Å²) in [5.41, 5.74) is 1.78. The molecule has 4 atom stereocenters. The third-order valence-corrected chi connectivity index (χ3v) is 4.91. The Labute approximate surface area is 118 Å². The van der Waals surface area contributed by atoms with E-state index in [9.17, 15) is 14.7 Å². The number of nitrogens with one attached hydrogen (secondary N) is 1. The molecule has 2 fully saturated rings. The van der Waals surface area contributed by atoms with Crippen molar-refractivity contribution < 1.29 is 14.7 Å². The molecular formula is C16H19NO3. The van der Waals surface area contributed by atoms with Crippen molar-refractivity contribution in [2.24, 2.45) is 23.7 Å². The third-order valence-electron chi connectivity index (χ3n) is 4.91. The van der Waals surface area contributed by atoms with Crippen LogP contribution in [0.15, 0.2) is 24.3 Å². The third kappa shape index (κ3) is 2.09. The van der Waals surface area contributed by atoms with Crippen molar-refractivity contribution in [3.63, 3.8) is 0 Å². The summed E-state index contributed by atoms with van der Waals surface area (Å²) in [4.78, 5) is 23.9. The van der Waals surface area contributed by atoms with Crippen molar-refractivity contribution in [3.05, 3.63) is 29.8 Å². The molecule has 2 aliphatic carbocycles. The molecule has 1 amide bonds. The van der Waals surface area contributed by atoms with Gasteiger partial charge in [-0.15, -0.1) is 0 Å². The minimum atomic E-state index is -0.817. The molecule has 4 heteroatoms. The first-order chi connectivity index (χ1) is 9.58. The Morgan fingerprint density at radius 3 is 2.45 bits per heavy atom. The molecule has 2 N–H and O–H groups in total. The summed E-state index contributed by atoms with van der Waals surface area (Å²) in [7, 11) is 0. The highest BCUT2D eigenvalue weighted by molar-refractivity contribution is 5.96. The number of carbonyl (C=O) groups excluding carboxylic acids is 1. The van der Waals surface area contributed by atoms with Crippen LogP contribution in [-0.4, -0.2) is 17.0 Å². The van der Waals surface area contributed by atoms with Gasteiger partial charge in [-0.1, -0.05) is 18.2 Å². The van der Waals surface area contributed by atoms with Gasteiger partial charge >= 0.3 is 5.97 Å². The molecule has 1 aromatic rings. The minimum absolute atomic E-state index is 0.126. The Morgan fingerprint density at radius 1 is 1.15 bits per heavy atom. The van der Waals surface area contributed by atoms with Crippen LogP contribution in [0.4, 0.5) is 5.69 Å². The van der Waals surface area contributed by atoms with E-state index < -0.39 is 11.9 Å². The van der Waals surface area contributed by atoms with Crippen molar-refractivity contribution in [1.29, 1.82) is 0 Å². The predicted octanol–water partition coefficient (Wildman–Crippen LogP) is 2.68. The van der Waals surface area contributed by atoms with Gasteiger partial charge in [-0.2, -0.15) is 0 Å². The minimum Gasteiger partial charge on any atom is -0.481 e. The van der Waals surface area contributed by atoms with Crippen LogP contribution in [0.2, 0.25) is 0 Å². The average Bonchev–Trinajstić information content (AvgIpc) is 3.01. The van der Waals surface area contributed by atoms with Gasteiger partial charge in [-0.25, -0.2) is 0 Å². The number of carboxylic acid groups (broad SMARTS) is 1. The standard InChI is InChI=1S/C16H19NO3/c1-9-4-2-3-5-12(9)17-15(18)13-10-6-7-11(8-10)14(13)16(19)20/h2-5,10-11,13-14H,6-8H2,1H3,(H,17,18)(H,19,20)/t10-,11-,13+,14+/m0/s1. The van der Waals surface area contributed by atoms with Crippen molar-refractivity contribution >= 4 is 17.6 Å². The second kappa shape index (κ2) is 4.93. The van der Waals surface area contributed by atoms with Crippen LogP contribution in [-0.2, 0) is 9.59 Å². The van der Waals surface area contributed by atoms with Gasteiger partial charge in [0.1, 0.15) is 0 Å². The van der Waals surface area contributed by atoms with Crippen LogP contribution in [0, 0.1) is 30.6 Å². The lowest BCUT2D eigenvalue weighted by Crippen LogP contribution is -2.37. The maximum Gasteiger partial charge on any atom is 0.307 e. The van der Waals surface area contributed by atoms with Gasteiger partial charge < -0.3 is 10.4 Å². The Morgan fingerprint density at radius 2 is 1.80 bits per heavy atom. The summed E-state index contributed by atoms with van der Waals surface area (Å²) in [6.07, 6.45) is 2.83. The Balaban J connectivity index is 1.80. The van der Waals surface area contributed by atoms with Gasteiger partial charge in [-0.3, -0.25) is 9.59 Å². The summed E-state index contributed by atoms with van der Waals surface area (Å²) in [6.45, 7) is 1.94. The lowest BCUT2D eigenvalue weighted by molar-refractivity contribution is -0.148. The molecule has 0 heterocycles. The number of carbonyl (C=O) groups is 2. The van der Waals surface area contributed by atoms with Crippen molar-refractivity contribution in [1.82, 2.24) is 0 Å². The van der Waals surface area contributed by atoms with E-state index >= 15 is 0 Å². The number of hydrogen-bond acceptors (Lipinski definition) is 2. The van der Waals surface area contributed by atoms with Gasteiger partial charge in [0.05, 0.1) is 11.8 Å². The lowest BCUT2D eigenvalue weighted by atomic mass is 9.78. The molecule has 106 valence electrons. The average molecular weight is 273 g/mol. The molecule has 2 saturated carbocycles. The molecule has 2 aliphatic rings. The summed E-state index contributed by atoms with van der Waals surface area (Å²) in [6, 6.07) is 7.59. The van der Waals surface area contributed by atoms with Gasteiger partial charge in [0.15, 0.2) is 0 Å². The van der Waals surface area contributed by atoms with E-state index in [0.29, 0.717) is 0 Å². The quantitative estimate of drug-likeness (QED) is 0.889. The Bertz CT molecular complexity index is 554. The maximum absolute atomic E-state index is 12.5. The number of benzene rings is 1. The summed E-state index contributed by atoms with van der Waals surface area (Å²) in [5.74, 6) is -1.39. The molecule has 3 rings (SSSR count). The highest BCUT2D eigenvalue weighted by Gasteiger charge is 2.53. The molecule has 1 aromatic carbocycles. The summed E-state index contributed by atoms with van der Waals surface area (Å²) in [5, 5.41) is 12.3. The Kier molecular flexibility index (Phi) is 3.24. The number of fused-ring (bicyclic) bond motifs is 2. The van der Waals surface area contributed by atoms with E-state index in [1.807, 2.05) is 31.2 Å². The largest absolute Gasteiger partial charge is 0.481 e. The molecular weight excluding hydrogens is 254 g/mol. The van der Waals surface area contributed by atoms with Crippen LogP contribution in [0.5, 0.6) is 0 Å². The first-order valence-electron chi connectivity index (χ1n) is 7.17. The van der Waals surface area contributed by atoms with Crippen LogP contribution in [0.3, 0.4) is 0 Å². The van der Waals surface area contributed by atoms with Crippen molar-refractivity contribution in [2.45, 2.75) is 26.2 Å². The van der Waals surface area contributed by atoms with E-state index in [0.717, 1.165) is 30.5 Å². The molecule has 0 spiro atoms. The number of para-hydroxylation sites is 1. The van der Waals surface area contributed by atoms with Gasteiger partial charge in [0, 0.05) is 5.69 Å². The number of carboxylic acids is 1. The smallest absolute Gasteiger partial charge is 0.307 e. The fraction of sp³-hybridized carbons (Fsp3) is 0.500. The SMILES string of the molecule is Cc1ccccc1NC(=O)[C@@H]1[C@H]2CC[C@@H](C2)[C@H]1C(=O)O. The zero-order valence-corrected chi connectivity index (χ0v) is 11.5. The van der Waals surface area contributed by atoms with Gasteiger partial charge in [0.25, 0.3) is 0 Å². The van der Waals surface area contributed by atoms with Crippen LogP contribution >= 0.6 is 0 Å². The van der Waals surface area contributed by atoms with Crippen molar-refractivity contribution in [2.75, 3.05) is 5.32 Å². The second-order valence-electron chi connectivity index (χ2n) is 6.03. The number of anilines is 1. The zero-order chi connectivity index (χ0) is 14.3. The first-order valence-corrected chi connectivity index (χ1v) is 7.17. The van der Waals surface area contributed by atoms with Gasteiger partial charge in [0.2, 0.25) is 5.91 Å². The molecule has 20 heavy (non-hydrogen) atoms. The lowest BCUT2D eigenvalue weighted by Gasteiger charge is -2.27. The van der Waals surface area contributed by atoms with Crippen molar-refractivity contribution in [3.8, 4) is 0 Å². The van der Waals surface area contributed by atoms with E-state index in [4.69, 9.17) is 0 Å². The van der Waals surface area contributed by atoms with Crippen LogP contribution in [0.1, 0.15) is 24.8 Å². The predicted molar refractivity (Wildman–Crippen MR) is 75.3 cm³/mol. The highest BCUT2D eigenvalue weighted by atomic mass is 16.4. The van der Waals surface area contributed by atoms with E-state index in [2.05, 4.69) is 5.32 Å². The fourth-order valence-electron chi connectivity index (χ4n) is 3.95. The second-order valence-corrected chi connectivity index (χ2v) is 6.03. The topological polar surface area (TPSA) is 66.4 Å². The van der Waals surface area contributed by atoms with E-state index in [1.54, 1.807) is 0 Å². The molecule has 0 aromatic heterocycles.